The van der Waals surface area contributed by atoms with E-state index in [2.05, 4.69) is 15.3 Å². The van der Waals surface area contributed by atoms with Crippen molar-refractivity contribution in [2.45, 2.75) is 6.54 Å². The number of fused-ring (bicyclic) bond motifs is 1. The van der Waals surface area contributed by atoms with Crippen molar-refractivity contribution in [3.63, 3.8) is 0 Å². The molecule has 3 aromatic rings. The van der Waals surface area contributed by atoms with Gasteiger partial charge in [-0.1, -0.05) is 11.3 Å². The monoisotopic (exact) mass is 256 g/mol. The summed E-state index contributed by atoms with van der Waals surface area (Å²) < 4.78 is 15.0. The molecule has 94 valence electrons. The molecule has 2 heterocycles. The van der Waals surface area contributed by atoms with Crippen LogP contribution in [0.4, 0.5) is 4.39 Å². The summed E-state index contributed by atoms with van der Waals surface area (Å²) in [6, 6.07) is 6.40. The highest BCUT2D eigenvalue weighted by Crippen LogP contribution is 2.19. The van der Waals surface area contributed by atoms with Crippen LogP contribution < -0.4 is 0 Å². The Balaban J connectivity index is 2.06. The molecule has 0 amide bonds. The van der Waals surface area contributed by atoms with Crippen LogP contribution in [0.3, 0.4) is 0 Å². The molecule has 0 unspecified atom stereocenters. The van der Waals surface area contributed by atoms with E-state index >= 15 is 0 Å². The number of halogens is 1. The van der Waals surface area contributed by atoms with Gasteiger partial charge in [0.1, 0.15) is 11.5 Å². The van der Waals surface area contributed by atoms with Gasteiger partial charge in [0.05, 0.1) is 18.3 Å². The molecule has 0 spiro atoms. The summed E-state index contributed by atoms with van der Waals surface area (Å²) in [5.41, 5.74) is 1.65. The van der Waals surface area contributed by atoms with Crippen LogP contribution in [0.1, 0.15) is 16.1 Å². The summed E-state index contributed by atoms with van der Waals surface area (Å²) in [4.78, 5) is 14.8. The van der Waals surface area contributed by atoms with Crippen LogP contribution >= 0.6 is 0 Å². The van der Waals surface area contributed by atoms with Gasteiger partial charge < -0.3 is 0 Å². The van der Waals surface area contributed by atoms with E-state index in [9.17, 15) is 9.18 Å². The van der Waals surface area contributed by atoms with E-state index in [1.54, 1.807) is 18.3 Å². The normalized spacial score (nSPS) is 10.8. The fourth-order valence-corrected chi connectivity index (χ4v) is 1.97. The summed E-state index contributed by atoms with van der Waals surface area (Å²) in [7, 11) is 0. The minimum Gasteiger partial charge on any atom is -0.296 e. The lowest BCUT2D eigenvalue weighted by Gasteiger charge is -2.05. The lowest BCUT2D eigenvalue weighted by atomic mass is 10.1. The Morgan fingerprint density at radius 3 is 3.05 bits per heavy atom. The largest absolute Gasteiger partial charge is 0.296 e. The van der Waals surface area contributed by atoms with Crippen LogP contribution in [0.25, 0.3) is 10.9 Å². The first-order chi connectivity index (χ1) is 9.26. The first kappa shape index (κ1) is 11.5. The first-order valence-electron chi connectivity index (χ1n) is 5.65. The number of aldehydes is 1. The van der Waals surface area contributed by atoms with Crippen molar-refractivity contribution in [3.8, 4) is 0 Å². The van der Waals surface area contributed by atoms with Gasteiger partial charge in [0, 0.05) is 17.1 Å². The second-order valence-corrected chi connectivity index (χ2v) is 4.10. The van der Waals surface area contributed by atoms with Crippen LogP contribution in [0.2, 0.25) is 0 Å². The topological polar surface area (TPSA) is 60.7 Å². The molecule has 0 aliphatic heterocycles. The number of carbonyl (C=O) groups is 1. The van der Waals surface area contributed by atoms with E-state index < -0.39 is 0 Å². The average Bonchev–Trinajstić information content (AvgIpc) is 2.86. The number of benzene rings is 1. The van der Waals surface area contributed by atoms with Crippen LogP contribution in [-0.2, 0) is 6.54 Å². The summed E-state index contributed by atoms with van der Waals surface area (Å²) in [5.74, 6) is -0.328. The number of aromatic nitrogens is 4. The summed E-state index contributed by atoms with van der Waals surface area (Å²) in [6.07, 6.45) is 3.78. The summed E-state index contributed by atoms with van der Waals surface area (Å²) in [5, 5.41) is 8.20. The Kier molecular flexibility index (Phi) is 2.75. The molecule has 0 atom stereocenters. The smallest absolute Gasteiger partial charge is 0.171 e. The van der Waals surface area contributed by atoms with Gasteiger partial charge in [-0.3, -0.25) is 9.78 Å². The maximum Gasteiger partial charge on any atom is 0.171 e. The maximum atomic E-state index is 13.5. The summed E-state index contributed by atoms with van der Waals surface area (Å²) >= 11 is 0. The van der Waals surface area contributed by atoms with Crippen molar-refractivity contribution in [1.29, 1.82) is 0 Å². The van der Waals surface area contributed by atoms with Gasteiger partial charge >= 0.3 is 0 Å². The van der Waals surface area contributed by atoms with Crippen molar-refractivity contribution >= 4 is 17.2 Å². The van der Waals surface area contributed by atoms with Crippen molar-refractivity contribution in [3.05, 3.63) is 53.7 Å². The van der Waals surface area contributed by atoms with Crippen molar-refractivity contribution in [2.75, 3.05) is 0 Å². The molecule has 0 fully saturated rings. The number of hydrogen-bond acceptors (Lipinski definition) is 4. The Hall–Kier alpha value is -2.63. The third kappa shape index (κ3) is 2.20. The number of rotatable bonds is 3. The zero-order chi connectivity index (χ0) is 13.2. The molecule has 0 saturated carbocycles. The second kappa shape index (κ2) is 4.56. The fraction of sp³-hybridized carbons (Fsp3) is 0.0769. The van der Waals surface area contributed by atoms with Gasteiger partial charge in [0.25, 0.3) is 0 Å². The van der Waals surface area contributed by atoms with Crippen molar-refractivity contribution in [1.82, 2.24) is 20.0 Å². The van der Waals surface area contributed by atoms with Crippen molar-refractivity contribution in [2.24, 2.45) is 0 Å². The van der Waals surface area contributed by atoms with E-state index in [-0.39, 0.29) is 11.5 Å². The lowest BCUT2D eigenvalue weighted by molar-refractivity contribution is 0.111. The second-order valence-electron chi connectivity index (χ2n) is 4.10. The minimum atomic E-state index is -0.328. The van der Waals surface area contributed by atoms with Crippen molar-refractivity contribution < 1.29 is 9.18 Å². The molecule has 2 aromatic heterocycles. The molecule has 6 heteroatoms. The highest BCUT2D eigenvalue weighted by atomic mass is 19.1. The minimum absolute atomic E-state index is 0.244. The van der Waals surface area contributed by atoms with Crippen LogP contribution in [0.5, 0.6) is 0 Å². The number of nitrogens with zero attached hydrogens (tertiary/aromatic N) is 4. The zero-order valence-electron chi connectivity index (χ0n) is 9.82. The van der Waals surface area contributed by atoms with Crippen LogP contribution in [0.15, 0.2) is 36.7 Å². The Bertz CT molecular complexity index is 753. The molecule has 5 nitrogen and oxygen atoms in total. The molecule has 0 aliphatic carbocycles. The molecule has 0 N–H and O–H groups in total. The Labute approximate surface area is 107 Å². The third-order valence-corrected chi connectivity index (χ3v) is 2.76. The molecular weight excluding hydrogens is 247 g/mol. The Morgan fingerprint density at radius 2 is 2.26 bits per heavy atom. The van der Waals surface area contributed by atoms with Crippen LogP contribution in [-0.4, -0.2) is 26.3 Å². The molecule has 3 rings (SSSR count). The molecule has 0 aliphatic rings. The van der Waals surface area contributed by atoms with E-state index in [1.165, 1.54) is 23.0 Å². The first-order valence-corrected chi connectivity index (χ1v) is 5.65. The molecule has 19 heavy (non-hydrogen) atoms. The predicted molar refractivity (Wildman–Crippen MR) is 66.2 cm³/mol. The number of hydrogen-bond donors (Lipinski definition) is 0. The zero-order valence-corrected chi connectivity index (χ0v) is 9.82. The van der Waals surface area contributed by atoms with Crippen LogP contribution in [0, 0.1) is 5.82 Å². The van der Waals surface area contributed by atoms with Gasteiger partial charge in [-0.2, -0.15) is 0 Å². The summed E-state index contributed by atoms with van der Waals surface area (Å²) in [6.45, 7) is 0.312. The van der Waals surface area contributed by atoms with Gasteiger partial charge in [0.2, 0.25) is 0 Å². The highest BCUT2D eigenvalue weighted by Gasteiger charge is 2.07. The van der Waals surface area contributed by atoms with Gasteiger partial charge in [-0.05, 0) is 18.2 Å². The fourth-order valence-electron chi connectivity index (χ4n) is 1.97. The predicted octanol–water partition coefficient (Wildman–Crippen LogP) is 1.83. The van der Waals surface area contributed by atoms with E-state index in [0.717, 1.165) is 5.39 Å². The van der Waals surface area contributed by atoms with Gasteiger partial charge in [0.15, 0.2) is 6.29 Å². The SMILES string of the molecule is O=Cc1cn(Cc2cc(F)cc3cccnc23)nn1. The number of carbonyl (C=O) groups excluding carboxylic acids is 1. The average molecular weight is 256 g/mol. The molecule has 1 aromatic carbocycles. The third-order valence-electron chi connectivity index (χ3n) is 2.76. The highest BCUT2D eigenvalue weighted by molar-refractivity contribution is 5.81. The van der Waals surface area contributed by atoms with Gasteiger partial charge in [-0.25, -0.2) is 9.07 Å². The molecule has 0 radical (unpaired) electrons. The quantitative estimate of drug-likeness (QED) is 0.671. The van der Waals surface area contributed by atoms with E-state index in [1.807, 2.05) is 0 Å². The molecule has 0 saturated heterocycles. The van der Waals surface area contributed by atoms with Gasteiger partial charge in [-0.15, -0.1) is 5.10 Å². The number of pyridine rings is 1. The molecule has 0 bridgehead atoms. The van der Waals surface area contributed by atoms with E-state index in [4.69, 9.17) is 0 Å². The maximum absolute atomic E-state index is 13.5. The lowest BCUT2D eigenvalue weighted by Crippen LogP contribution is -2.02. The van der Waals surface area contributed by atoms with E-state index in [0.29, 0.717) is 23.9 Å². The standard InChI is InChI=1S/C13H9FN4O/c14-11-4-9-2-1-3-15-13(9)10(5-11)6-18-7-12(8-19)16-17-18/h1-5,7-8H,6H2. The Morgan fingerprint density at radius 1 is 1.37 bits per heavy atom. The molecular formula is C13H9FN4O.